The van der Waals surface area contributed by atoms with Crippen molar-refractivity contribution in [3.63, 3.8) is 0 Å². The van der Waals surface area contributed by atoms with Crippen LogP contribution in [0.4, 0.5) is 0 Å². The summed E-state index contributed by atoms with van der Waals surface area (Å²) in [4.78, 5) is 51.4. The zero-order valence-corrected chi connectivity index (χ0v) is 27.1. The van der Waals surface area contributed by atoms with Crippen molar-refractivity contribution >= 4 is 17.7 Å². The van der Waals surface area contributed by atoms with Gasteiger partial charge in [0.15, 0.2) is 0 Å². The highest BCUT2D eigenvalue weighted by atomic mass is 16.5. The van der Waals surface area contributed by atoms with Gasteiger partial charge in [0.25, 0.3) is 0 Å². The van der Waals surface area contributed by atoms with Crippen LogP contribution in [-0.2, 0) is 30.4 Å². The van der Waals surface area contributed by atoms with E-state index < -0.39 is 35.1 Å². The lowest BCUT2D eigenvalue weighted by Crippen LogP contribution is -2.59. The molecule has 4 heterocycles. The fourth-order valence-corrected chi connectivity index (χ4v) is 8.23. The predicted octanol–water partition coefficient (Wildman–Crippen LogP) is 2.33. The van der Waals surface area contributed by atoms with Gasteiger partial charge in [-0.25, -0.2) is 0 Å². The Kier molecular flexibility index (Phi) is 10.2. The van der Waals surface area contributed by atoms with E-state index in [2.05, 4.69) is 25.0 Å². The summed E-state index contributed by atoms with van der Waals surface area (Å²) < 4.78 is 12.5. The number of hydrogen-bond donors (Lipinski definition) is 1. The van der Waals surface area contributed by atoms with Crippen LogP contribution in [0, 0.1) is 17.8 Å². The Morgan fingerprint density at radius 1 is 1.11 bits per heavy atom. The summed E-state index contributed by atoms with van der Waals surface area (Å²) in [5.41, 5.74) is -1.14. The maximum Gasteiger partial charge on any atom is 0.248 e. The minimum Gasteiger partial charge on any atom is -0.394 e. The van der Waals surface area contributed by atoms with E-state index in [0.717, 1.165) is 18.7 Å². The van der Waals surface area contributed by atoms with Crippen molar-refractivity contribution in [3.8, 4) is 0 Å². The van der Waals surface area contributed by atoms with E-state index in [1.807, 2.05) is 44.2 Å². The molecule has 4 aliphatic heterocycles. The molecule has 0 radical (unpaired) electrons. The summed E-state index contributed by atoms with van der Waals surface area (Å²) in [5.74, 6) is -2.38. The smallest absolute Gasteiger partial charge is 0.248 e. The second-order valence-electron chi connectivity index (χ2n) is 13.2. The lowest BCUT2D eigenvalue weighted by atomic mass is 9.62. The molecule has 3 amide bonds. The third-order valence-corrected chi connectivity index (χ3v) is 10.7. The summed E-state index contributed by atoms with van der Waals surface area (Å²) in [5, 5.41) is 10.5. The molecule has 246 valence electrons. The zero-order chi connectivity index (χ0) is 32.4. The van der Waals surface area contributed by atoms with Crippen LogP contribution in [0.3, 0.4) is 0 Å². The monoisotopic (exact) mass is 622 g/mol. The van der Waals surface area contributed by atoms with Crippen LogP contribution in [0.1, 0.15) is 39.2 Å². The Morgan fingerprint density at radius 3 is 2.40 bits per heavy atom. The van der Waals surface area contributed by atoms with E-state index in [1.54, 1.807) is 26.9 Å². The first kappa shape index (κ1) is 33.3. The molecule has 1 N–H and O–H groups in total. The van der Waals surface area contributed by atoms with Crippen molar-refractivity contribution < 1.29 is 29.0 Å². The Labute approximate surface area is 267 Å². The molecule has 10 nitrogen and oxygen atoms in total. The second kappa shape index (κ2) is 13.7. The summed E-state index contributed by atoms with van der Waals surface area (Å²) in [6, 6.07) is 8.22. The van der Waals surface area contributed by atoms with Crippen LogP contribution in [0.2, 0.25) is 0 Å². The van der Waals surface area contributed by atoms with Gasteiger partial charge in [-0.2, -0.15) is 0 Å². The van der Waals surface area contributed by atoms with Gasteiger partial charge in [-0.15, -0.1) is 13.2 Å². The van der Waals surface area contributed by atoms with Crippen LogP contribution in [0.5, 0.6) is 0 Å². The topological polar surface area (TPSA) is 103 Å². The number of carbonyl (C=O) groups is 3. The Balaban J connectivity index is 1.52. The summed E-state index contributed by atoms with van der Waals surface area (Å²) in [7, 11) is 0. The Morgan fingerprint density at radius 2 is 1.78 bits per heavy atom. The number of rotatable bonds is 14. The average Bonchev–Trinajstić information content (AvgIpc) is 3.56. The number of aliphatic hydroxyl groups excluding tert-OH is 1. The van der Waals surface area contributed by atoms with Crippen LogP contribution in [0.15, 0.2) is 55.6 Å². The van der Waals surface area contributed by atoms with E-state index in [9.17, 15) is 19.5 Å². The third-order valence-electron chi connectivity index (χ3n) is 10.7. The highest BCUT2D eigenvalue weighted by Crippen LogP contribution is 2.66. The standard InChI is InChI=1S/C35H50N4O6/c1-6-14-37(17-16-36-18-20-44-21-19-36)33(43)30-35-22-25(4)34(5,45-35)28(29(35)32(42)39(30)27(8-3)24-40)31(41)38(15-7-2)23-26-12-10-9-11-13-26/h6-7,9-13,25,27-30,40H,1-2,8,14-24H2,3-5H3/t25?,27-,28-,29-,30?,34+,35?/m0/s1. The first-order chi connectivity index (χ1) is 21.7. The number of aliphatic hydroxyl groups is 1. The molecule has 7 atom stereocenters. The predicted molar refractivity (Wildman–Crippen MR) is 171 cm³/mol. The molecule has 1 aromatic carbocycles. The number of benzene rings is 1. The van der Waals surface area contributed by atoms with Crippen LogP contribution in [-0.4, -0.2) is 125 Å². The van der Waals surface area contributed by atoms with Gasteiger partial charge in [0.05, 0.1) is 43.3 Å². The molecule has 0 aromatic heterocycles. The number of ether oxygens (including phenoxy) is 2. The molecule has 10 heteroatoms. The van der Waals surface area contributed by atoms with E-state index in [1.165, 1.54) is 0 Å². The van der Waals surface area contributed by atoms with Crippen molar-refractivity contribution in [1.29, 1.82) is 0 Å². The fourth-order valence-electron chi connectivity index (χ4n) is 8.23. The van der Waals surface area contributed by atoms with Crippen molar-refractivity contribution in [2.75, 3.05) is 59.1 Å². The fraction of sp³-hybridized carbons (Fsp3) is 0.629. The highest BCUT2D eigenvalue weighted by Gasteiger charge is 2.80. The maximum absolute atomic E-state index is 14.8. The number of morpholine rings is 1. The van der Waals surface area contributed by atoms with Crippen molar-refractivity contribution in [3.05, 3.63) is 61.2 Å². The van der Waals surface area contributed by atoms with E-state index in [-0.39, 0.29) is 30.2 Å². The molecule has 4 saturated heterocycles. The number of carbonyl (C=O) groups excluding carboxylic acids is 3. The largest absolute Gasteiger partial charge is 0.394 e. The number of hydrogen-bond acceptors (Lipinski definition) is 7. The van der Waals surface area contributed by atoms with Gasteiger partial charge in [-0.3, -0.25) is 19.3 Å². The molecule has 2 bridgehead atoms. The van der Waals surface area contributed by atoms with Crippen LogP contribution >= 0.6 is 0 Å². The van der Waals surface area contributed by atoms with Gasteiger partial charge < -0.3 is 29.3 Å². The molecule has 45 heavy (non-hydrogen) atoms. The summed E-state index contributed by atoms with van der Waals surface area (Å²) >= 11 is 0. The Bertz CT molecular complexity index is 1250. The van der Waals surface area contributed by atoms with Gasteiger partial charge in [0, 0.05) is 45.8 Å². The van der Waals surface area contributed by atoms with Crippen LogP contribution in [0.25, 0.3) is 0 Å². The van der Waals surface area contributed by atoms with Crippen LogP contribution < -0.4 is 0 Å². The number of nitrogens with zero attached hydrogens (tertiary/aromatic N) is 4. The Hall–Kier alpha value is -3.05. The lowest BCUT2D eigenvalue weighted by molar-refractivity contribution is -0.158. The number of likely N-dealkylation sites (tertiary alicyclic amines) is 1. The normalized spacial score (nSPS) is 31.5. The number of fused-ring (bicyclic) bond motifs is 1. The number of amides is 3. The van der Waals surface area contributed by atoms with Crippen molar-refractivity contribution in [2.24, 2.45) is 17.8 Å². The average molecular weight is 623 g/mol. The first-order valence-electron chi connectivity index (χ1n) is 16.4. The van der Waals surface area contributed by atoms with Crippen molar-refractivity contribution in [1.82, 2.24) is 19.6 Å². The van der Waals surface area contributed by atoms with Crippen molar-refractivity contribution in [2.45, 2.75) is 63.4 Å². The quantitative estimate of drug-likeness (QED) is 0.318. The van der Waals surface area contributed by atoms with Gasteiger partial charge >= 0.3 is 0 Å². The minimum absolute atomic E-state index is 0.0801. The molecule has 1 spiro atoms. The van der Waals surface area contributed by atoms with Gasteiger partial charge in [-0.05, 0) is 31.2 Å². The van der Waals surface area contributed by atoms with E-state index in [4.69, 9.17) is 9.47 Å². The molecule has 1 aromatic rings. The van der Waals surface area contributed by atoms with Gasteiger partial charge in [-0.1, -0.05) is 56.3 Å². The molecule has 4 fully saturated rings. The maximum atomic E-state index is 14.8. The molecular weight excluding hydrogens is 572 g/mol. The minimum atomic E-state index is -1.18. The van der Waals surface area contributed by atoms with Gasteiger partial charge in [0.2, 0.25) is 17.7 Å². The molecular formula is C35H50N4O6. The lowest BCUT2D eigenvalue weighted by Gasteiger charge is -2.40. The molecule has 0 aliphatic carbocycles. The highest BCUT2D eigenvalue weighted by molar-refractivity contribution is 5.99. The zero-order valence-electron chi connectivity index (χ0n) is 27.1. The van der Waals surface area contributed by atoms with E-state index in [0.29, 0.717) is 58.8 Å². The first-order valence-corrected chi connectivity index (χ1v) is 16.4. The molecule has 3 unspecified atom stereocenters. The SMILES string of the molecule is C=CCN(CCN1CCOCC1)C(=O)C1N([C@@H](CC)CO)C(=O)[C@@H]2[C@@H](C(=O)N(CC=C)Cc3ccccc3)[C@]3(C)OC12CC3C. The second-order valence-corrected chi connectivity index (χ2v) is 13.2. The molecule has 4 aliphatic rings. The molecule has 5 rings (SSSR count). The van der Waals surface area contributed by atoms with Gasteiger partial charge in [0.1, 0.15) is 11.6 Å². The summed E-state index contributed by atoms with van der Waals surface area (Å²) in [6.45, 7) is 18.5. The summed E-state index contributed by atoms with van der Waals surface area (Å²) in [6.07, 6.45) is 4.35. The third kappa shape index (κ3) is 5.86. The molecule has 0 saturated carbocycles. The van der Waals surface area contributed by atoms with E-state index >= 15 is 0 Å².